The molecule has 15 heavy (non-hydrogen) atoms. The lowest BCUT2D eigenvalue weighted by atomic mass is 10.1. The van der Waals surface area contributed by atoms with Crippen LogP contribution >= 0.6 is 0 Å². The molecule has 86 valence electrons. The molecule has 1 aliphatic rings. The van der Waals surface area contributed by atoms with Gasteiger partial charge in [-0.05, 0) is 19.8 Å². The molecule has 0 radical (unpaired) electrons. The molecular weight excluding hydrogens is 190 g/mol. The third kappa shape index (κ3) is 4.86. The number of carbonyl (C=O) groups excluding carboxylic acids is 1. The summed E-state index contributed by atoms with van der Waals surface area (Å²) >= 11 is 0. The maximum Gasteiger partial charge on any atom is 0.247 e. The van der Waals surface area contributed by atoms with Gasteiger partial charge in [-0.3, -0.25) is 4.79 Å². The summed E-state index contributed by atoms with van der Waals surface area (Å²) in [4.78, 5) is 11.5. The fraction of sp³-hybridized carbons (Fsp3) is 0.750. The van der Waals surface area contributed by atoms with E-state index < -0.39 is 0 Å². The number of hydrogen-bond acceptors (Lipinski definition) is 2. The van der Waals surface area contributed by atoms with Crippen LogP contribution in [0.5, 0.6) is 0 Å². The number of rotatable bonds is 3. The Morgan fingerprint density at radius 2 is 1.87 bits per heavy atom. The molecule has 1 amide bonds. The summed E-state index contributed by atoms with van der Waals surface area (Å²) in [5, 5.41) is 3.03. The Balaban J connectivity index is 2.36. The van der Waals surface area contributed by atoms with E-state index in [1.165, 1.54) is 31.8 Å². The van der Waals surface area contributed by atoms with Crippen molar-refractivity contribution in [1.82, 2.24) is 5.32 Å². The highest BCUT2D eigenvalue weighted by molar-refractivity contribution is 5.88. The summed E-state index contributed by atoms with van der Waals surface area (Å²) in [5.41, 5.74) is 0. The molecular formula is C12H21NO2. The predicted octanol–water partition coefficient (Wildman–Crippen LogP) is 2.38. The molecule has 0 atom stereocenters. The number of amides is 1. The Morgan fingerprint density at radius 3 is 2.40 bits per heavy atom. The molecule has 0 spiro atoms. The Bertz CT molecular complexity index is 228. The van der Waals surface area contributed by atoms with E-state index in [-0.39, 0.29) is 5.91 Å². The second-order valence-corrected chi connectivity index (χ2v) is 4.16. The standard InChI is InChI=1S/C12H21NO2/c1-10(15-2)9-12(14)13-11-7-5-3-4-6-8-11/h9,11H,3-8H2,1-2H3,(H,13,14)/b10-9-. The first-order valence-corrected chi connectivity index (χ1v) is 5.75. The van der Waals surface area contributed by atoms with Crippen molar-refractivity contribution in [1.29, 1.82) is 0 Å². The van der Waals surface area contributed by atoms with Gasteiger partial charge in [0, 0.05) is 12.1 Å². The molecule has 0 bridgehead atoms. The van der Waals surface area contributed by atoms with E-state index in [2.05, 4.69) is 5.32 Å². The van der Waals surface area contributed by atoms with Crippen molar-refractivity contribution in [2.24, 2.45) is 0 Å². The van der Waals surface area contributed by atoms with Crippen LogP contribution in [-0.4, -0.2) is 19.1 Å². The van der Waals surface area contributed by atoms with E-state index in [0.717, 1.165) is 12.8 Å². The van der Waals surface area contributed by atoms with E-state index in [4.69, 9.17) is 4.74 Å². The molecule has 0 aromatic heterocycles. The van der Waals surface area contributed by atoms with Gasteiger partial charge in [-0.1, -0.05) is 25.7 Å². The lowest BCUT2D eigenvalue weighted by Crippen LogP contribution is -2.33. The fourth-order valence-electron chi connectivity index (χ4n) is 1.91. The van der Waals surface area contributed by atoms with E-state index >= 15 is 0 Å². The lowest BCUT2D eigenvalue weighted by molar-refractivity contribution is -0.117. The van der Waals surface area contributed by atoms with Gasteiger partial charge in [-0.2, -0.15) is 0 Å². The molecule has 0 unspecified atom stereocenters. The fourth-order valence-corrected chi connectivity index (χ4v) is 1.91. The van der Waals surface area contributed by atoms with Crippen LogP contribution in [0, 0.1) is 0 Å². The van der Waals surface area contributed by atoms with Gasteiger partial charge in [0.25, 0.3) is 0 Å². The van der Waals surface area contributed by atoms with Crippen molar-refractivity contribution < 1.29 is 9.53 Å². The van der Waals surface area contributed by atoms with Crippen LogP contribution in [0.15, 0.2) is 11.8 Å². The number of nitrogens with one attached hydrogen (secondary N) is 1. The van der Waals surface area contributed by atoms with Gasteiger partial charge in [0.1, 0.15) is 0 Å². The Labute approximate surface area is 91.9 Å². The zero-order valence-corrected chi connectivity index (χ0v) is 9.71. The summed E-state index contributed by atoms with van der Waals surface area (Å²) in [5.74, 6) is 0.627. The molecule has 1 rings (SSSR count). The van der Waals surface area contributed by atoms with Crippen LogP contribution in [0.25, 0.3) is 0 Å². The number of methoxy groups -OCH3 is 1. The van der Waals surface area contributed by atoms with Gasteiger partial charge < -0.3 is 10.1 Å². The maximum absolute atomic E-state index is 11.5. The molecule has 3 nitrogen and oxygen atoms in total. The van der Waals surface area contributed by atoms with E-state index in [0.29, 0.717) is 11.8 Å². The van der Waals surface area contributed by atoms with Crippen molar-refractivity contribution in [3.63, 3.8) is 0 Å². The van der Waals surface area contributed by atoms with Gasteiger partial charge in [0.15, 0.2) is 0 Å². The minimum Gasteiger partial charge on any atom is -0.501 e. The zero-order valence-electron chi connectivity index (χ0n) is 9.71. The highest BCUT2D eigenvalue weighted by atomic mass is 16.5. The van der Waals surface area contributed by atoms with Gasteiger partial charge >= 0.3 is 0 Å². The van der Waals surface area contributed by atoms with Gasteiger partial charge in [-0.15, -0.1) is 0 Å². The number of allylic oxidation sites excluding steroid dienone is 1. The average molecular weight is 211 g/mol. The smallest absolute Gasteiger partial charge is 0.247 e. The second kappa shape index (κ2) is 6.49. The summed E-state index contributed by atoms with van der Waals surface area (Å²) < 4.78 is 4.93. The molecule has 0 aromatic rings. The van der Waals surface area contributed by atoms with Crippen LogP contribution < -0.4 is 5.32 Å². The molecule has 0 aromatic carbocycles. The predicted molar refractivity (Wildman–Crippen MR) is 60.4 cm³/mol. The topological polar surface area (TPSA) is 38.3 Å². The summed E-state index contributed by atoms with van der Waals surface area (Å²) in [6.45, 7) is 1.78. The van der Waals surface area contributed by atoms with Crippen LogP contribution in [0.3, 0.4) is 0 Å². The first-order chi connectivity index (χ1) is 7.22. The molecule has 3 heteroatoms. The van der Waals surface area contributed by atoms with Crippen LogP contribution in [0.4, 0.5) is 0 Å². The number of ether oxygens (including phenoxy) is 1. The number of hydrogen-bond donors (Lipinski definition) is 1. The summed E-state index contributed by atoms with van der Waals surface area (Å²) in [6, 6.07) is 0.362. The minimum absolute atomic E-state index is 0.0266. The first kappa shape index (κ1) is 12.1. The van der Waals surface area contributed by atoms with Crippen molar-refractivity contribution in [2.75, 3.05) is 7.11 Å². The van der Waals surface area contributed by atoms with Gasteiger partial charge in [-0.25, -0.2) is 0 Å². The zero-order chi connectivity index (χ0) is 11.1. The minimum atomic E-state index is -0.0266. The summed E-state index contributed by atoms with van der Waals surface area (Å²) in [7, 11) is 1.57. The third-order valence-corrected chi connectivity index (χ3v) is 2.86. The van der Waals surface area contributed by atoms with E-state index in [1.54, 1.807) is 14.0 Å². The van der Waals surface area contributed by atoms with Crippen LogP contribution in [0.1, 0.15) is 45.4 Å². The van der Waals surface area contributed by atoms with E-state index in [1.807, 2.05) is 0 Å². The molecule has 1 aliphatic carbocycles. The van der Waals surface area contributed by atoms with Crippen molar-refractivity contribution in [3.8, 4) is 0 Å². The highest BCUT2D eigenvalue weighted by Crippen LogP contribution is 2.17. The molecule has 0 aliphatic heterocycles. The molecule has 1 N–H and O–H groups in total. The number of carbonyl (C=O) groups is 1. The first-order valence-electron chi connectivity index (χ1n) is 5.75. The largest absolute Gasteiger partial charge is 0.501 e. The van der Waals surface area contributed by atoms with Gasteiger partial charge in [0.2, 0.25) is 5.91 Å². The Morgan fingerprint density at radius 1 is 1.27 bits per heavy atom. The average Bonchev–Trinajstić information content (AvgIpc) is 2.46. The van der Waals surface area contributed by atoms with Crippen molar-refractivity contribution in [3.05, 3.63) is 11.8 Å². The van der Waals surface area contributed by atoms with Crippen LogP contribution in [0.2, 0.25) is 0 Å². The maximum atomic E-state index is 11.5. The van der Waals surface area contributed by atoms with Crippen molar-refractivity contribution >= 4 is 5.91 Å². The molecule has 0 heterocycles. The Kier molecular flexibility index (Phi) is 5.22. The molecule has 1 fully saturated rings. The Hall–Kier alpha value is -0.990. The highest BCUT2D eigenvalue weighted by Gasteiger charge is 2.13. The molecule has 0 saturated heterocycles. The SMILES string of the molecule is CO/C(C)=C\C(=O)NC1CCCCCC1. The lowest BCUT2D eigenvalue weighted by Gasteiger charge is -2.14. The molecule has 1 saturated carbocycles. The quantitative estimate of drug-likeness (QED) is 0.442. The van der Waals surface area contributed by atoms with Crippen molar-refractivity contribution in [2.45, 2.75) is 51.5 Å². The van der Waals surface area contributed by atoms with E-state index in [9.17, 15) is 4.79 Å². The second-order valence-electron chi connectivity index (χ2n) is 4.16. The monoisotopic (exact) mass is 211 g/mol. The van der Waals surface area contributed by atoms with Gasteiger partial charge in [0.05, 0.1) is 12.9 Å². The van der Waals surface area contributed by atoms with Crippen LogP contribution in [-0.2, 0) is 9.53 Å². The summed E-state index contributed by atoms with van der Waals surface area (Å²) in [6.07, 6.45) is 8.83. The normalized spacial score (nSPS) is 19.5. The third-order valence-electron chi connectivity index (χ3n) is 2.86.